The van der Waals surface area contributed by atoms with E-state index >= 15 is 0 Å². The maximum atomic E-state index is 12.1. The van der Waals surface area contributed by atoms with Crippen LogP contribution < -0.4 is 10.1 Å². The third-order valence-electron chi connectivity index (χ3n) is 1.98. The molecule has 0 unspecified atom stereocenters. The van der Waals surface area contributed by atoms with E-state index in [0.717, 1.165) is 6.07 Å². The van der Waals surface area contributed by atoms with Crippen molar-refractivity contribution in [3.63, 3.8) is 0 Å². The van der Waals surface area contributed by atoms with Crippen LogP contribution in [0.1, 0.15) is 17.3 Å². The lowest BCUT2D eigenvalue weighted by atomic mass is 10.2. The number of aliphatic hydroxyl groups is 1. The highest BCUT2D eigenvalue weighted by Gasteiger charge is 2.32. The molecule has 4 nitrogen and oxygen atoms in total. The van der Waals surface area contributed by atoms with Crippen LogP contribution in [0.25, 0.3) is 0 Å². The zero-order valence-corrected chi connectivity index (χ0v) is 11.4. The van der Waals surface area contributed by atoms with Crippen molar-refractivity contribution in [1.29, 1.82) is 0 Å². The second-order valence-electron chi connectivity index (χ2n) is 3.75. The first-order valence-electron chi connectivity index (χ1n) is 5.20. The molecule has 2 N–H and O–H groups in total. The van der Waals surface area contributed by atoms with Crippen molar-refractivity contribution in [2.24, 2.45) is 0 Å². The number of hydrogen-bond acceptors (Lipinski definition) is 3. The predicted octanol–water partition coefficient (Wildman–Crippen LogP) is 2.46. The molecule has 1 aromatic rings. The summed E-state index contributed by atoms with van der Waals surface area (Å²) in [6.07, 6.45) is -5.58. The summed E-state index contributed by atoms with van der Waals surface area (Å²) < 4.78 is 40.2. The van der Waals surface area contributed by atoms with Crippen LogP contribution in [0.3, 0.4) is 0 Å². The van der Waals surface area contributed by atoms with Gasteiger partial charge in [-0.25, -0.2) is 0 Å². The van der Waals surface area contributed by atoms with E-state index < -0.39 is 24.1 Å². The Balaban J connectivity index is 2.86. The third-order valence-corrected chi connectivity index (χ3v) is 2.63. The Bertz CT molecular complexity index is 463. The molecule has 0 bridgehead atoms. The van der Waals surface area contributed by atoms with Crippen molar-refractivity contribution < 1.29 is 27.8 Å². The number of carbonyl (C=O) groups is 1. The van der Waals surface area contributed by atoms with E-state index in [1.165, 1.54) is 19.1 Å². The molecule has 1 atom stereocenters. The fraction of sp³-hybridized carbons (Fsp3) is 0.364. The molecule has 1 amide bonds. The monoisotopic (exact) mass is 341 g/mol. The molecule has 19 heavy (non-hydrogen) atoms. The van der Waals surface area contributed by atoms with Gasteiger partial charge in [0.25, 0.3) is 5.91 Å². The standard InChI is InChI=1S/C11H11BrF3NO3/c1-6(17)5-16-10(18)7-2-3-8(12)9(4-7)19-11(13,14)15/h2-4,6,17H,5H2,1H3,(H,16,18)/t6-/m1/s1. The van der Waals surface area contributed by atoms with E-state index in [9.17, 15) is 18.0 Å². The number of amides is 1. The molecule has 1 aromatic carbocycles. The first-order chi connectivity index (χ1) is 8.69. The summed E-state index contributed by atoms with van der Waals surface area (Å²) in [6, 6.07) is 3.58. The van der Waals surface area contributed by atoms with E-state index in [0.29, 0.717) is 0 Å². The minimum atomic E-state index is -4.84. The largest absolute Gasteiger partial charge is 0.573 e. The van der Waals surface area contributed by atoms with Crippen molar-refractivity contribution in [1.82, 2.24) is 5.32 Å². The summed E-state index contributed by atoms with van der Waals surface area (Å²) in [4.78, 5) is 11.6. The first-order valence-corrected chi connectivity index (χ1v) is 6.00. The number of rotatable bonds is 4. The quantitative estimate of drug-likeness (QED) is 0.884. The molecule has 0 aliphatic heterocycles. The van der Waals surface area contributed by atoms with Crippen LogP contribution in [0.2, 0.25) is 0 Å². The second kappa shape index (κ2) is 6.25. The molecule has 0 fully saturated rings. The molecule has 0 aromatic heterocycles. The van der Waals surface area contributed by atoms with Crippen LogP contribution >= 0.6 is 15.9 Å². The summed E-state index contributed by atoms with van der Waals surface area (Å²) in [5, 5.41) is 11.4. The van der Waals surface area contributed by atoms with Gasteiger partial charge < -0.3 is 15.2 Å². The number of nitrogens with one attached hydrogen (secondary N) is 1. The average molecular weight is 342 g/mol. The van der Waals surface area contributed by atoms with Gasteiger partial charge >= 0.3 is 6.36 Å². The smallest absolute Gasteiger partial charge is 0.405 e. The summed E-state index contributed by atoms with van der Waals surface area (Å²) >= 11 is 2.90. The van der Waals surface area contributed by atoms with Gasteiger partial charge in [-0.3, -0.25) is 4.79 Å². The Hall–Kier alpha value is -1.28. The van der Waals surface area contributed by atoms with Gasteiger partial charge in [-0.05, 0) is 41.1 Å². The van der Waals surface area contributed by atoms with Crippen molar-refractivity contribution in [2.45, 2.75) is 19.4 Å². The summed E-state index contributed by atoms with van der Waals surface area (Å²) in [5.74, 6) is -1.10. The van der Waals surface area contributed by atoms with Crippen LogP contribution in [0, 0.1) is 0 Å². The Labute approximate surface area is 115 Å². The number of carbonyl (C=O) groups excluding carboxylic acids is 1. The lowest BCUT2D eigenvalue weighted by Gasteiger charge is -2.12. The molecular formula is C11H11BrF3NO3. The van der Waals surface area contributed by atoms with Gasteiger partial charge in [-0.1, -0.05) is 0 Å². The van der Waals surface area contributed by atoms with Crippen molar-refractivity contribution >= 4 is 21.8 Å². The molecule has 0 aliphatic carbocycles. The topological polar surface area (TPSA) is 58.6 Å². The zero-order chi connectivity index (χ0) is 14.6. The van der Waals surface area contributed by atoms with E-state index in [1.807, 2.05) is 0 Å². The number of ether oxygens (including phenoxy) is 1. The zero-order valence-electron chi connectivity index (χ0n) is 9.79. The van der Waals surface area contributed by atoms with Gasteiger partial charge in [0, 0.05) is 12.1 Å². The van der Waals surface area contributed by atoms with Crippen LogP contribution in [-0.2, 0) is 0 Å². The number of hydrogen-bond donors (Lipinski definition) is 2. The maximum absolute atomic E-state index is 12.1. The maximum Gasteiger partial charge on any atom is 0.573 e. The molecular weight excluding hydrogens is 331 g/mol. The minimum Gasteiger partial charge on any atom is -0.405 e. The van der Waals surface area contributed by atoms with E-state index in [2.05, 4.69) is 26.0 Å². The van der Waals surface area contributed by atoms with Gasteiger partial charge in [0.2, 0.25) is 0 Å². The molecule has 0 spiro atoms. The third kappa shape index (κ3) is 5.48. The van der Waals surface area contributed by atoms with Crippen molar-refractivity contribution in [3.05, 3.63) is 28.2 Å². The molecule has 8 heteroatoms. The summed E-state index contributed by atoms with van der Waals surface area (Å²) in [7, 11) is 0. The lowest BCUT2D eigenvalue weighted by Crippen LogP contribution is -2.30. The fourth-order valence-corrected chi connectivity index (χ4v) is 1.52. The van der Waals surface area contributed by atoms with Gasteiger partial charge in [-0.15, -0.1) is 13.2 Å². The molecule has 0 saturated heterocycles. The molecule has 0 radical (unpaired) electrons. The normalized spacial score (nSPS) is 12.9. The highest BCUT2D eigenvalue weighted by atomic mass is 79.9. The van der Waals surface area contributed by atoms with Crippen molar-refractivity contribution in [3.8, 4) is 5.75 Å². The highest BCUT2D eigenvalue weighted by Crippen LogP contribution is 2.31. The van der Waals surface area contributed by atoms with Crippen molar-refractivity contribution in [2.75, 3.05) is 6.54 Å². The van der Waals surface area contributed by atoms with Crippen LogP contribution in [-0.4, -0.2) is 30.0 Å². The molecule has 0 saturated carbocycles. The number of aliphatic hydroxyl groups excluding tert-OH is 1. The van der Waals surface area contributed by atoms with Crippen LogP contribution in [0.4, 0.5) is 13.2 Å². The fourth-order valence-electron chi connectivity index (χ4n) is 1.19. The van der Waals surface area contributed by atoms with E-state index in [1.54, 1.807) is 0 Å². The Morgan fingerprint density at radius 3 is 2.68 bits per heavy atom. The Kier molecular flexibility index (Phi) is 5.19. The van der Waals surface area contributed by atoms with Gasteiger partial charge in [0.05, 0.1) is 10.6 Å². The number of benzene rings is 1. The van der Waals surface area contributed by atoms with Gasteiger partial charge in [-0.2, -0.15) is 0 Å². The van der Waals surface area contributed by atoms with E-state index in [4.69, 9.17) is 5.11 Å². The lowest BCUT2D eigenvalue weighted by molar-refractivity contribution is -0.274. The second-order valence-corrected chi connectivity index (χ2v) is 4.61. The minimum absolute atomic E-state index is 0.00287. The average Bonchev–Trinajstić information content (AvgIpc) is 2.27. The van der Waals surface area contributed by atoms with E-state index in [-0.39, 0.29) is 16.6 Å². The number of alkyl halides is 3. The number of halogens is 4. The Morgan fingerprint density at radius 1 is 1.53 bits per heavy atom. The highest BCUT2D eigenvalue weighted by molar-refractivity contribution is 9.10. The SMILES string of the molecule is C[C@@H](O)CNC(=O)c1ccc(Br)c(OC(F)(F)F)c1. The summed E-state index contributed by atoms with van der Waals surface area (Å²) in [6.45, 7) is 1.48. The molecule has 1 rings (SSSR count). The first kappa shape index (κ1) is 15.8. The summed E-state index contributed by atoms with van der Waals surface area (Å²) in [5.41, 5.74) is 0.00287. The molecule has 0 heterocycles. The molecule has 106 valence electrons. The van der Waals surface area contributed by atoms with Gasteiger partial charge in [0.1, 0.15) is 5.75 Å². The van der Waals surface area contributed by atoms with Crippen LogP contribution in [0.5, 0.6) is 5.75 Å². The predicted molar refractivity (Wildman–Crippen MR) is 64.8 cm³/mol. The van der Waals surface area contributed by atoms with Crippen LogP contribution in [0.15, 0.2) is 22.7 Å². The molecule has 0 aliphatic rings. The Morgan fingerprint density at radius 2 is 2.16 bits per heavy atom. The van der Waals surface area contributed by atoms with Gasteiger partial charge in [0.15, 0.2) is 0 Å².